The average molecular weight is 160 g/mol. The molecule has 0 bridgehead atoms. The average Bonchev–Trinajstić information content (AvgIpc) is 1.85. The molecule has 2 unspecified atom stereocenters. The van der Waals surface area contributed by atoms with Crippen LogP contribution in [0.25, 0.3) is 0 Å². The van der Waals surface area contributed by atoms with E-state index in [1.165, 1.54) is 6.42 Å². The quantitative estimate of drug-likeness (QED) is 0.669. The highest BCUT2D eigenvalue weighted by Gasteiger charge is 2.09. The standard InChI is InChI=1S/C5H12O.C4H8O/c1-3-4-5(2)6;1-4-2-3-5-4/h5-6H,3-4H2,1-2H3;4H,2-3H2,1H3. The van der Waals surface area contributed by atoms with Gasteiger partial charge in [0.05, 0.1) is 12.2 Å². The second-order valence-corrected chi connectivity index (χ2v) is 3.11. The summed E-state index contributed by atoms with van der Waals surface area (Å²) in [5, 5.41) is 8.55. The van der Waals surface area contributed by atoms with Crippen LogP contribution in [-0.2, 0) is 4.74 Å². The topological polar surface area (TPSA) is 29.5 Å². The normalized spacial score (nSPS) is 24.5. The van der Waals surface area contributed by atoms with Crippen molar-refractivity contribution in [1.82, 2.24) is 0 Å². The summed E-state index contributed by atoms with van der Waals surface area (Å²) >= 11 is 0. The van der Waals surface area contributed by atoms with E-state index in [1.807, 2.05) is 6.92 Å². The van der Waals surface area contributed by atoms with Gasteiger partial charge in [0.25, 0.3) is 0 Å². The summed E-state index contributed by atoms with van der Waals surface area (Å²) in [5.74, 6) is 0. The van der Waals surface area contributed by atoms with Gasteiger partial charge in [-0.25, -0.2) is 0 Å². The number of hydrogen-bond donors (Lipinski definition) is 1. The molecule has 68 valence electrons. The van der Waals surface area contributed by atoms with E-state index < -0.39 is 0 Å². The van der Waals surface area contributed by atoms with Crippen molar-refractivity contribution in [2.24, 2.45) is 0 Å². The van der Waals surface area contributed by atoms with Gasteiger partial charge in [-0.1, -0.05) is 13.3 Å². The summed E-state index contributed by atoms with van der Waals surface area (Å²) in [6, 6.07) is 0. The van der Waals surface area contributed by atoms with Crippen LogP contribution in [0.3, 0.4) is 0 Å². The Labute approximate surface area is 69.6 Å². The van der Waals surface area contributed by atoms with Gasteiger partial charge in [0, 0.05) is 6.61 Å². The molecule has 1 aliphatic heterocycles. The van der Waals surface area contributed by atoms with Gasteiger partial charge in [0.15, 0.2) is 0 Å². The van der Waals surface area contributed by atoms with E-state index in [-0.39, 0.29) is 6.10 Å². The van der Waals surface area contributed by atoms with Crippen LogP contribution in [0.1, 0.15) is 40.0 Å². The van der Waals surface area contributed by atoms with E-state index in [4.69, 9.17) is 9.84 Å². The molecule has 0 aromatic heterocycles. The van der Waals surface area contributed by atoms with Crippen molar-refractivity contribution >= 4 is 0 Å². The van der Waals surface area contributed by atoms with Crippen LogP contribution in [0.15, 0.2) is 0 Å². The van der Waals surface area contributed by atoms with Crippen molar-refractivity contribution in [1.29, 1.82) is 0 Å². The van der Waals surface area contributed by atoms with Crippen LogP contribution in [0.2, 0.25) is 0 Å². The van der Waals surface area contributed by atoms with Crippen molar-refractivity contribution in [3.05, 3.63) is 0 Å². The summed E-state index contributed by atoms with van der Waals surface area (Å²) in [4.78, 5) is 0. The highest BCUT2D eigenvalue weighted by Crippen LogP contribution is 2.07. The summed E-state index contributed by atoms with van der Waals surface area (Å²) in [7, 11) is 0. The summed E-state index contributed by atoms with van der Waals surface area (Å²) in [5.41, 5.74) is 0. The fourth-order valence-electron chi connectivity index (χ4n) is 0.771. The van der Waals surface area contributed by atoms with Gasteiger partial charge in [-0.05, 0) is 26.7 Å². The number of rotatable bonds is 2. The minimum atomic E-state index is -0.102. The molecule has 11 heavy (non-hydrogen) atoms. The molecule has 1 rings (SSSR count). The van der Waals surface area contributed by atoms with Gasteiger partial charge >= 0.3 is 0 Å². The van der Waals surface area contributed by atoms with Crippen LogP contribution in [0, 0.1) is 0 Å². The molecule has 1 fully saturated rings. The Kier molecular flexibility index (Phi) is 6.57. The molecule has 1 N–H and O–H groups in total. The van der Waals surface area contributed by atoms with Crippen LogP contribution in [0.5, 0.6) is 0 Å². The lowest BCUT2D eigenvalue weighted by Crippen LogP contribution is -2.22. The second kappa shape index (κ2) is 6.62. The SMILES string of the molecule is CC1CCO1.CCCC(C)O. The summed E-state index contributed by atoms with van der Waals surface area (Å²) in [6.45, 7) is 6.95. The zero-order valence-corrected chi connectivity index (χ0v) is 7.84. The molecule has 0 spiro atoms. The van der Waals surface area contributed by atoms with E-state index in [9.17, 15) is 0 Å². The van der Waals surface area contributed by atoms with Crippen molar-refractivity contribution in [3.63, 3.8) is 0 Å². The minimum Gasteiger partial charge on any atom is -0.393 e. The maximum atomic E-state index is 8.55. The predicted octanol–water partition coefficient (Wildman–Crippen LogP) is 1.96. The number of ether oxygens (including phenoxy) is 1. The fourth-order valence-corrected chi connectivity index (χ4v) is 0.771. The second-order valence-electron chi connectivity index (χ2n) is 3.11. The molecule has 2 nitrogen and oxygen atoms in total. The molecule has 0 saturated carbocycles. The maximum absolute atomic E-state index is 8.55. The Morgan fingerprint density at radius 2 is 2.09 bits per heavy atom. The van der Waals surface area contributed by atoms with E-state index in [2.05, 4.69) is 13.8 Å². The molecule has 2 heteroatoms. The van der Waals surface area contributed by atoms with Gasteiger partial charge in [-0.2, -0.15) is 0 Å². The van der Waals surface area contributed by atoms with E-state index in [0.29, 0.717) is 6.10 Å². The number of hydrogen-bond acceptors (Lipinski definition) is 2. The fraction of sp³-hybridized carbons (Fsp3) is 1.00. The lowest BCUT2D eigenvalue weighted by atomic mass is 10.2. The Bertz CT molecular complexity index is 77.6. The molecule has 0 amide bonds. The molecular weight excluding hydrogens is 140 g/mol. The van der Waals surface area contributed by atoms with Crippen LogP contribution in [-0.4, -0.2) is 23.9 Å². The summed E-state index contributed by atoms with van der Waals surface area (Å²) < 4.78 is 4.93. The van der Waals surface area contributed by atoms with Gasteiger partial charge in [0.1, 0.15) is 0 Å². The zero-order valence-electron chi connectivity index (χ0n) is 7.84. The van der Waals surface area contributed by atoms with Crippen molar-refractivity contribution < 1.29 is 9.84 Å². The Morgan fingerprint density at radius 3 is 2.09 bits per heavy atom. The van der Waals surface area contributed by atoms with Gasteiger partial charge in [-0.3, -0.25) is 0 Å². The highest BCUT2D eigenvalue weighted by atomic mass is 16.5. The van der Waals surface area contributed by atoms with E-state index in [0.717, 1.165) is 19.4 Å². The highest BCUT2D eigenvalue weighted by molar-refractivity contribution is 4.57. The van der Waals surface area contributed by atoms with E-state index in [1.54, 1.807) is 0 Å². The Morgan fingerprint density at radius 1 is 1.64 bits per heavy atom. The molecule has 2 atom stereocenters. The predicted molar refractivity (Wildman–Crippen MR) is 46.6 cm³/mol. The first-order chi connectivity index (χ1) is 5.16. The maximum Gasteiger partial charge on any atom is 0.0568 e. The third kappa shape index (κ3) is 7.82. The first kappa shape index (κ1) is 10.9. The third-order valence-corrected chi connectivity index (χ3v) is 1.63. The van der Waals surface area contributed by atoms with E-state index >= 15 is 0 Å². The lowest BCUT2D eigenvalue weighted by molar-refractivity contribution is -0.0375. The van der Waals surface area contributed by atoms with Gasteiger partial charge < -0.3 is 9.84 Å². The molecule has 1 saturated heterocycles. The van der Waals surface area contributed by atoms with Crippen molar-refractivity contribution in [2.45, 2.75) is 52.2 Å². The molecule has 0 radical (unpaired) electrons. The minimum absolute atomic E-state index is 0.102. The molecular formula is C9H20O2. The van der Waals surface area contributed by atoms with Crippen molar-refractivity contribution in [2.75, 3.05) is 6.61 Å². The van der Waals surface area contributed by atoms with Crippen LogP contribution >= 0.6 is 0 Å². The number of aliphatic hydroxyl groups excluding tert-OH is 1. The molecule has 0 aromatic carbocycles. The van der Waals surface area contributed by atoms with Crippen LogP contribution in [0.4, 0.5) is 0 Å². The first-order valence-electron chi connectivity index (χ1n) is 4.46. The smallest absolute Gasteiger partial charge is 0.0568 e. The Hall–Kier alpha value is -0.0800. The van der Waals surface area contributed by atoms with Gasteiger partial charge in [-0.15, -0.1) is 0 Å². The van der Waals surface area contributed by atoms with Gasteiger partial charge in [0.2, 0.25) is 0 Å². The monoisotopic (exact) mass is 160 g/mol. The lowest BCUT2D eigenvalue weighted by Gasteiger charge is -2.20. The van der Waals surface area contributed by atoms with Crippen LogP contribution < -0.4 is 0 Å². The van der Waals surface area contributed by atoms with Crippen molar-refractivity contribution in [3.8, 4) is 0 Å². The Balaban J connectivity index is 0.000000183. The molecule has 1 heterocycles. The number of aliphatic hydroxyl groups is 1. The summed E-state index contributed by atoms with van der Waals surface area (Å²) in [6.07, 6.45) is 3.74. The molecule has 0 aliphatic carbocycles. The first-order valence-corrected chi connectivity index (χ1v) is 4.46. The molecule has 0 aromatic rings. The zero-order chi connectivity index (χ0) is 8.69. The third-order valence-electron chi connectivity index (χ3n) is 1.63. The largest absolute Gasteiger partial charge is 0.393 e. The molecule has 1 aliphatic rings.